The summed E-state index contributed by atoms with van der Waals surface area (Å²) in [6, 6.07) is 0. The smallest absolute Gasteiger partial charge is 0.208 e. The molecule has 3 nitrogen and oxygen atoms in total. The summed E-state index contributed by atoms with van der Waals surface area (Å²) in [5.74, 6) is 0.632. The molecule has 7 heteroatoms. The number of halogens is 2. The highest BCUT2D eigenvalue weighted by molar-refractivity contribution is 8.01. The third kappa shape index (κ3) is 3.65. The summed E-state index contributed by atoms with van der Waals surface area (Å²) in [7, 11) is 3.86. The fourth-order valence-corrected chi connectivity index (χ4v) is 2.52. The van der Waals surface area contributed by atoms with E-state index >= 15 is 0 Å². The Morgan fingerprint density at radius 1 is 1.57 bits per heavy atom. The van der Waals surface area contributed by atoms with Gasteiger partial charge in [0.2, 0.25) is 5.13 Å². The Balaban J connectivity index is 2.52. The van der Waals surface area contributed by atoms with Crippen LogP contribution < -0.4 is 4.90 Å². The Morgan fingerprint density at radius 2 is 2.29 bits per heavy atom. The van der Waals surface area contributed by atoms with Crippen LogP contribution in [0.2, 0.25) is 0 Å². The van der Waals surface area contributed by atoms with E-state index in [1.807, 2.05) is 19.0 Å². The fraction of sp³-hybridized carbons (Fsp3) is 0.429. The largest absolute Gasteiger partial charge is 0.353 e. The topological polar surface area (TPSA) is 29.0 Å². The van der Waals surface area contributed by atoms with Crippen LogP contribution in [-0.4, -0.2) is 30.0 Å². The molecule has 0 spiro atoms. The number of aromatic nitrogens is 2. The zero-order valence-corrected chi connectivity index (χ0v) is 10.8. The molecule has 0 N–H and O–H groups in total. The highest BCUT2D eigenvalue weighted by Crippen LogP contribution is 2.28. The van der Waals surface area contributed by atoms with Crippen molar-refractivity contribution >= 4 is 51.4 Å². The number of rotatable bonds is 4. The molecule has 1 aromatic rings. The Kier molecular flexibility index (Phi) is 5.01. The Labute approximate surface area is 101 Å². The normalized spacial score (nSPS) is 11.9. The minimum Gasteiger partial charge on any atom is -0.353 e. The van der Waals surface area contributed by atoms with Gasteiger partial charge in [0, 0.05) is 30.4 Å². The summed E-state index contributed by atoms with van der Waals surface area (Å²) in [5.41, 5.74) is 1.36. The van der Waals surface area contributed by atoms with Gasteiger partial charge in [0.05, 0.1) is 0 Å². The first-order valence-corrected chi connectivity index (χ1v) is 6.33. The summed E-state index contributed by atoms with van der Waals surface area (Å²) in [6.45, 7) is 0. The van der Waals surface area contributed by atoms with Crippen molar-refractivity contribution < 1.29 is 0 Å². The van der Waals surface area contributed by atoms with Gasteiger partial charge in [-0.1, -0.05) is 46.3 Å². The molecule has 0 aliphatic rings. The van der Waals surface area contributed by atoms with E-state index in [1.54, 1.807) is 0 Å². The first-order valence-electron chi connectivity index (χ1n) is 3.72. The molecule has 0 saturated carbocycles. The van der Waals surface area contributed by atoms with Crippen LogP contribution in [0.15, 0.2) is 14.9 Å². The second-order valence-corrected chi connectivity index (χ2v) is 5.47. The van der Waals surface area contributed by atoms with E-state index < -0.39 is 0 Å². The average molecular weight is 270 g/mol. The summed E-state index contributed by atoms with van der Waals surface area (Å²) in [5, 5.41) is 9.50. The molecule has 0 unspecified atom stereocenters. The molecular formula is C7H9Cl2N3S2. The third-order valence-electron chi connectivity index (χ3n) is 1.23. The molecule has 1 rings (SSSR count). The van der Waals surface area contributed by atoms with Crippen LogP contribution in [0.1, 0.15) is 0 Å². The van der Waals surface area contributed by atoms with Crippen molar-refractivity contribution in [3.05, 3.63) is 10.6 Å². The zero-order chi connectivity index (χ0) is 10.6. The molecule has 0 saturated heterocycles. The van der Waals surface area contributed by atoms with Crippen molar-refractivity contribution in [2.24, 2.45) is 0 Å². The van der Waals surface area contributed by atoms with E-state index in [-0.39, 0.29) is 0 Å². The van der Waals surface area contributed by atoms with Crippen LogP contribution in [0.5, 0.6) is 0 Å². The number of hydrogen-bond donors (Lipinski definition) is 0. The molecule has 0 aromatic carbocycles. The van der Waals surface area contributed by atoms with Crippen LogP contribution in [-0.2, 0) is 0 Å². The summed E-state index contributed by atoms with van der Waals surface area (Å²) in [6.07, 6.45) is 0. The Hall–Kier alpha value is 0.0300. The van der Waals surface area contributed by atoms with Crippen molar-refractivity contribution in [1.29, 1.82) is 0 Å². The Morgan fingerprint density at radius 3 is 2.79 bits per heavy atom. The molecule has 0 fully saturated rings. The van der Waals surface area contributed by atoms with Crippen LogP contribution in [0, 0.1) is 0 Å². The molecule has 0 aliphatic carbocycles. The van der Waals surface area contributed by atoms with E-state index in [0.717, 1.165) is 9.47 Å². The lowest BCUT2D eigenvalue weighted by molar-refractivity contribution is 0.973. The first-order chi connectivity index (χ1) is 6.63. The van der Waals surface area contributed by atoms with Gasteiger partial charge in [-0.05, 0) is 0 Å². The lowest BCUT2D eigenvalue weighted by atomic mass is 10.7. The van der Waals surface area contributed by atoms with Crippen molar-refractivity contribution in [2.45, 2.75) is 4.34 Å². The SMILES string of the molecule is CN(C)c1nnc(SC/C(Cl)=C\Cl)s1. The summed E-state index contributed by atoms with van der Waals surface area (Å²) >= 11 is 14.2. The minimum atomic E-state index is 0.610. The van der Waals surface area contributed by atoms with Gasteiger partial charge in [0.15, 0.2) is 4.34 Å². The number of thioether (sulfide) groups is 1. The van der Waals surface area contributed by atoms with Gasteiger partial charge in [-0.2, -0.15) is 0 Å². The molecule has 0 bridgehead atoms. The molecule has 14 heavy (non-hydrogen) atoms. The molecule has 1 aromatic heterocycles. The zero-order valence-electron chi connectivity index (χ0n) is 7.70. The highest BCUT2D eigenvalue weighted by atomic mass is 35.5. The predicted molar refractivity (Wildman–Crippen MR) is 64.7 cm³/mol. The van der Waals surface area contributed by atoms with Gasteiger partial charge in [0.25, 0.3) is 0 Å². The maximum Gasteiger partial charge on any atom is 0.208 e. The van der Waals surface area contributed by atoms with E-state index in [2.05, 4.69) is 10.2 Å². The predicted octanol–water partition coefficient (Wildman–Crippen LogP) is 3.02. The molecular weight excluding hydrogens is 261 g/mol. The van der Waals surface area contributed by atoms with Gasteiger partial charge < -0.3 is 4.90 Å². The molecule has 0 aliphatic heterocycles. The number of anilines is 1. The Bertz CT molecular complexity index is 324. The second-order valence-electron chi connectivity index (χ2n) is 2.59. The second kappa shape index (κ2) is 5.80. The molecule has 1 heterocycles. The monoisotopic (exact) mass is 269 g/mol. The minimum absolute atomic E-state index is 0.610. The lowest BCUT2D eigenvalue weighted by Gasteiger charge is -2.03. The van der Waals surface area contributed by atoms with E-state index in [9.17, 15) is 0 Å². The summed E-state index contributed by atoms with van der Waals surface area (Å²) < 4.78 is 0.894. The maximum absolute atomic E-state index is 5.74. The fourth-order valence-electron chi connectivity index (χ4n) is 0.604. The molecule has 0 amide bonds. The molecule has 0 radical (unpaired) electrons. The van der Waals surface area contributed by atoms with E-state index in [1.165, 1.54) is 28.6 Å². The standard InChI is InChI=1S/C7H9Cl2N3S2/c1-12(2)6-10-11-7(14-6)13-4-5(9)3-8/h3H,4H2,1-2H3/b5-3+. The number of hydrogen-bond acceptors (Lipinski definition) is 5. The highest BCUT2D eigenvalue weighted by Gasteiger charge is 2.06. The van der Waals surface area contributed by atoms with Gasteiger partial charge in [-0.25, -0.2) is 0 Å². The van der Waals surface area contributed by atoms with E-state index in [4.69, 9.17) is 23.2 Å². The van der Waals surface area contributed by atoms with Crippen molar-refractivity contribution in [3.63, 3.8) is 0 Å². The van der Waals surface area contributed by atoms with Crippen LogP contribution in [0.25, 0.3) is 0 Å². The first kappa shape index (κ1) is 12.1. The summed E-state index contributed by atoms with van der Waals surface area (Å²) in [4.78, 5) is 1.92. The number of nitrogens with zero attached hydrogens (tertiary/aromatic N) is 3. The van der Waals surface area contributed by atoms with Gasteiger partial charge in [-0.15, -0.1) is 10.2 Å². The quantitative estimate of drug-likeness (QED) is 0.786. The van der Waals surface area contributed by atoms with Gasteiger partial charge >= 0.3 is 0 Å². The molecule has 78 valence electrons. The van der Waals surface area contributed by atoms with Crippen LogP contribution >= 0.6 is 46.3 Å². The van der Waals surface area contributed by atoms with Gasteiger partial charge in [-0.3, -0.25) is 0 Å². The third-order valence-corrected chi connectivity index (χ3v) is 4.28. The average Bonchev–Trinajstić information content (AvgIpc) is 2.62. The maximum atomic E-state index is 5.74. The molecule has 0 atom stereocenters. The van der Waals surface area contributed by atoms with Crippen molar-refractivity contribution in [1.82, 2.24) is 10.2 Å². The van der Waals surface area contributed by atoms with Crippen LogP contribution in [0.4, 0.5) is 5.13 Å². The van der Waals surface area contributed by atoms with Gasteiger partial charge in [0.1, 0.15) is 0 Å². The lowest BCUT2D eigenvalue weighted by Crippen LogP contribution is -2.07. The van der Waals surface area contributed by atoms with Crippen molar-refractivity contribution in [2.75, 3.05) is 24.7 Å². The van der Waals surface area contributed by atoms with E-state index in [0.29, 0.717) is 10.8 Å². The van der Waals surface area contributed by atoms with Crippen LogP contribution in [0.3, 0.4) is 0 Å². The van der Waals surface area contributed by atoms with Crippen molar-refractivity contribution in [3.8, 4) is 0 Å².